The van der Waals surface area contributed by atoms with Crippen LogP contribution in [-0.2, 0) is 0 Å². The number of likely N-dealkylation sites (tertiary alicyclic amines) is 1. The largest absolute Gasteiger partial charge is 0.485 e. The molecule has 1 fully saturated rings. The molecule has 0 spiro atoms. The number of benzene rings is 2. The van der Waals surface area contributed by atoms with Crippen LogP contribution in [0.15, 0.2) is 53.6 Å². The van der Waals surface area contributed by atoms with Crippen LogP contribution in [0.3, 0.4) is 0 Å². The average Bonchev–Trinajstić information content (AvgIpc) is 3.09. The molecule has 1 saturated heterocycles. The minimum absolute atomic E-state index is 0.0739. The summed E-state index contributed by atoms with van der Waals surface area (Å²) < 4.78 is 18.8. The van der Waals surface area contributed by atoms with Crippen molar-refractivity contribution in [1.29, 1.82) is 0 Å². The number of rotatable bonds is 3. The molecule has 0 radical (unpaired) electrons. The van der Waals surface area contributed by atoms with Crippen molar-refractivity contribution in [2.75, 3.05) is 13.1 Å². The molecule has 2 aromatic rings. The summed E-state index contributed by atoms with van der Waals surface area (Å²) in [5, 5.41) is 5.99. The van der Waals surface area contributed by atoms with Crippen LogP contribution in [0.2, 0.25) is 5.02 Å². The molecule has 1 atom stereocenters. The van der Waals surface area contributed by atoms with E-state index in [0.717, 1.165) is 5.56 Å². The Hall–Kier alpha value is -2.60. The number of nitrogens with zero attached hydrogens (tertiary/aromatic N) is 3. The zero-order valence-corrected chi connectivity index (χ0v) is 14.6. The van der Waals surface area contributed by atoms with Crippen molar-refractivity contribution in [2.45, 2.75) is 18.6 Å². The molecule has 4 rings (SSSR count). The predicted octanol–water partition coefficient (Wildman–Crippen LogP) is 4.09. The van der Waals surface area contributed by atoms with Crippen LogP contribution in [0.4, 0.5) is 9.18 Å². The Morgan fingerprint density at radius 2 is 1.96 bits per heavy atom. The zero-order valence-electron chi connectivity index (χ0n) is 13.9. The van der Waals surface area contributed by atoms with Crippen LogP contribution >= 0.6 is 11.6 Å². The third-order valence-corrected chi connectivity index (χ3v) is 4.81. The van der Waals surface area contributed by atoms with Gasteiger partial charge in [-0.25, -0.2) is 14.2 Å². The Balaban J connectivity index is 1.36. The summed E-state index contributed by atoms with van der Waals surface area (Å²) in [5.74, 6) is 0.0122. The molecule has 2 aliphatic rings. The van der Waals surface area contributed by atoms with Gasteiger partial charge in [-0.3, -0.25) is 0 Å². The van der Waals surface area contributed by atoms with Gasteiger partial charge in [0.15, 0.2) is 0 Å². The maximum absolute atomic E-state index is 13.1. The molecule has 0 bridgehead atoms. The van der Waals surface area contributed by atoms with E-state index in [1.54, 1.807) is 11.1 Å². The average molecular weight is 374 g/mol. The number of hydrazone groups is 1. The predicted molar refractivity (Wildman–Crippen MR) is 96.9 cm³/mol. The first kappa shape index (κ1) is 16.8. The van der Waals surface area contributed by atoms with E-state index in [9.17, 15) is 9.18 Å². The fraction of sp³-hybridized carbons (Fsp3) is 0.263. The fourth-order valence-corrected chi connectivity index (χ4v) is 3.33. The van der Waals surface area contributed by atoms with Gasteiger partial charge in [0.1, 0.15) is 17.7 Å². The highest BCUT2D eigenvalue weighted by Gasteiger charge is 2.38. The molecule has 1 unspecified atom stereocenters. The maximum atomic E-state index is 13.1. The van der Waals surface area contributed by atoms with Crippen molar-refractivity contribution >= 4 is 23.8 Å². The van der Waals surface area contributed by atoms with E-state index in [4.69, 9.17) is 16.3 Å². The van der Waals surface area contributed by atoms with Gasteiger partial charge >= 0.3 is 6.03 Å². The van der Waals surface area contributed by atoms with Crippen LogP contribution in [0.1, 0.15) is 18.0 Å². The van der Waals surface area contributed by atoms with Crippen molar-refractivity contribution in [3.05, 3.63) is 64.9 Å². The number of ether oxygens (including phenoxy) is 1. The van der Waals surface area contributed by atoms with E-state index < -0.39 is 5.82 Å². The molecular weight excluding hydrogens is 357 g/mol. The van der Waals surface area contributed by atoms with Crippen molar-refractivity contribution < 1.29 is 13.9 Å². The van der Waals surface area contributed by atoms with Crippen LogP contribution in [0, 0.1) is 5.82 Å². The summed E-state index contributed by atoms with van der Waals surface area (Å²) in [6, 6.07) is 13.6. The maximum Gasteiger partial charge on any atom is 0.341 e. The molecular formula is C19H17ClFN3O2. The fourth-order valence-electron chi connectivity index (χ4n) is 3.11. The van der Waals surface area contributed by atoms with E-state index in [0.29, 0.717) is 25.3 Å². The smallest absolute Gasteiger partial charge is 0.341 e. The molecule has 0 N–H and O–H groups in total. The normalized spacial score (nSPS) is 19.5. The first-order valence-electron chi connectivity index (χ1n) is 8.39. The van der Waals surface area contributed by atoms with Gasteiger partial charge in [0.2, 0.25) is 0 Å². The molecule has 5 nitrogen and oxygen atoms in total. The van der Waals surface area contributed by atoms with E-state index in [-0.39, 0.29) is 23.2 Å². The highest BCUT2D eigenvalue weighted by atomic mass is 35.5. The molecule has 26 heavy (non-hydrogen) atoms. The van der Waals surface area contributed by atoms with E-state index >= 15 is 0 Å². The second-order valence-corrected chi connectivity index (χ2v) is 6.71. The second kappa shape index (κ2) is 6.96. The Morgan fingerprint density at radius 1 is 1.19 bits per heavy atom. The summed E-state index contributed by atoms with van der Waals surface area (Å²) in [4.78, 5) is 14.4. The number of urea groups is 1. The number of hydrogen-bond donors (Lipinski definition) is 0. The number of hydrogen-bond acceptors (Lipinski definition) is 3. The number of halogens is 2. The third kappa shape index (κ3) is 3.24. The topological polar surface area (TPSA) is 45.1 Å². The SMILES string of the molecule is O=C(N1CC(Oc2ccc(F)cc2Cl)C1)N1N=CCC1c1ccccc1. The standard InChI is InChI=1S/C19H17ClFN3O2/c20-16-10-14(21)6-7-18(16)26-15-11-23(12-15)19(25)24-17(8-9-22-24)13-4-2-1-3-5-13/h1-7,9-10,15,17H,8,11-12H2. The quantitative estimate of drug-likeness (QED) is 0.813. The Labute approximate surface area is 155 Å². The molecule has 0 aliphatic carbocycles. The van der Waals surface area contributed by atoms with Gasteiger partial charge in [0.25, 0.3) is 0 Å². The minimum Gasteiger partial charge on any atom is -0.485 e. The lowest BCUT2D eigenvalue weighted by atomic mass is 10.0. The summed E-state index contributed by atoms with van der Waals surface area (Å²) in [7, 11) is 0. The molecule has 0 aromatic heterocycles. The summed E-state index contributed by atoms with van der Waals surface area (Å²) in [6.07, 6.45) is 2.31. The van der Waals surface area contributed by atoms with Gasteiger partial charge in [0, 0.05) is 12.6 Å². The van der Waals surface area contributed by atoms with Crippen LogP contribution in [-0.4, -0.2) is 41.3 Å². The van der Waals surface area contributed by atoms with Crippen LogP contribution in [0.5, 0.6) is 5.75 Å². The monoisotopic (exact) mass is 373 g/mol. The van der Waals surface area contributed by atoms with Crippen molar-refractivity contribution in [3.63, 3.8) is 0 Å². The lowest BCUT2D eigenvalue weighted by Gasteiger charge is -2.41. The highest BCUT2D eigenvalue weighted by Crippen LogP contribution is 2.31. The van der Waals surface area contributed by atoms with E-state index in [1.165, 1.54) is 23.2 Å². The van der Waals surface area contributed by atoms with Crippen molar-refractivity contribution in [2.24, 2.45) is 5.10 Å². The number of carbonyl (C=O) groups is 1. The van der Waals surface area contributed by atoms with Crippen molar-refractivity contribution in [1.82, 2.24) is 9.91 Å². The first-order chi connectivity index (χ1) is 12.6. The lowest BCUT2D eigenvalue weighted by molar-refractivity contribution is 0.0277. The molecule has 134 valence electrons. The number of amides is 2. The van der Waals surface area contributed by atoms with Gasteiger partial charge in [-0.15, -0.1) is 0 Å². The van der Waals surface area contributed by atoms with Gasteiger partial charge in [-0.2, -0.15) is 5.10 Å². The van der Waals surface area contributed by atoms with Gasteiger partial charge in [-0.05, 0) is 23.8 Å². The summed E-state index contributed by atoms with van der Waals surface area (Å²) in [5.41, 5.74) is 1.06. The van der Waals surface area contributed by atoms with E-state index in [1.807, 2.05) is 30.3 Å². The van der Waals surface area contributed by atoms with Gasteiger partial charge < -0.3 is 9.64 Å². The summed E-state index contributed by atoms with van der Waals surface area (Å²) >= 11 is 5.97. The van der Waals surface area contributed by atoms with Gasteiger partial charge in [0.05, 0.1) is 24.2 Å². The third-order valence-electron chi connectivity index (χ3n) is 4.52. The zero-order chi connectivity index (χ0) is 18.1. The minimum atomic E-state index is -0.411. The molecule has 2 amide bonds. The van der Waals surface area contributed by atoms with E-state index in [2.05, 4.69) is 5.10 Å². The number of carbonyl (C=O) groups excluding carboxylic acids is 1. The lowest BCUT2D eigenvalue weighted by Crippen LogP contribution is -2.58. The van der Waals surface area contributed by atoms with Crippen LogP contribution in [0.25, 0.3) is 0 Å². The second-order valence-electron chi connectivity index (χ2n) is 6.31. The Morgan fingerprint density at radius 3 is 2.69 bits per heavy atom. The Kier molecular flexibility index (Phi) is 4.51. The van der Waals surface area contributed by atoms with Crippen LogP contribution < -0.4 is 4.74 Å². The van der Waals surface area contributed by atoms with Crippen molar-refractivity contribution in [3.8, 4) is 5.75 Å². The Bertz CT molecular complexity index is 840. The highest BCUT2D eigenvalue weighted by molar-refractivity contribution is 6.32. The molecule has 2 aromatic carbocycles. The van der Waals surface area contributed by atoms with Gasteiger partial charge in [-0.1, -0.05) is 41.9 Å². The molecule has 2 heterocycles. The first-order valence-corrected chi connectivity index (χ1v) is 8.77. The molecule has 7 heteroatoms. The molecule has 2 aliphatic heterocycles. The summed E-state index contributed by atoms with van der Waals surface area (Å²) in [6.45, 7) is 0.889. The molecule has 0 saturated carbocycles.